The summed E-state index contributed by atoms with van der Waals surface area (Å²) in [5.74, 6) is 2.23. The number of hydrogen-bond acceptors (Lipinski definition) is 3. The van der Waals surface area contributed by atoms with Gasteiger partial charge in [-0.05, 0) is 41.0 Å². The predicted octanol–water partition coefficient (Wildman–Crippen LogP) is 3.77. The van der Waals surface area contributed by atoms with Gasteiger partial charge in [0.25, 0.3) is 0 Å². The third-order valence-electron chi connectivity index (χ3n) is 3.36. The Hall–Kier alpha value is -0.740. The number of nitrogens with one attached hydrogen (secondary N) is 1. The Morgan fingerprint density at radius 1 is 1.22 bits per heavy atom. The molecule has 4 heteroatoms. The van der Waals surface area contributed by atoms with Crippen molar-refractivity contribution in [1.29, 1.82) is 0 Å². The Labute approximate surface area is 118 Å². The second kappa shape index (κ2) is 7.00. The number of methoxy groups -OCH3 is 2. The molecule has 3 nitrogen and oxygen atoms in total. The van der Waals surface area contributed by atoms with Crippen molar-refractivity contribution in [3.63, 3.8) is 0 Å². The summed E-state index contributed by atoms with van der Waals surface area (Å²) >= 11 is 3.48. The van der Waals surface area contributed by atoms with Gasteiger partial charge in [0.2, 0.25) is 0 Å². The maximum Gasteiger partial charge on any atom is 0.133 e. The van der Waals surface area contributed by atoms with Crippen LogP contribution in [0.5, 0.6) is 11.5 Å². The van der Waals surface area contributed by atoms with E-state index in [0.717, 1.165) is 28.0 Å². The van der Waals surface area contributed by atoms with Crippen LogP contribution in [-0.4, -0.2) is 21.3 Å². The summed E-state index contributed by atoms with van der Waals surface area (Å²) in [6.07, 6.45) is 1.10. The molecule has 0 aliphatic carbocycles. The van der Waals surface area contributed by atoms with Crippen LogP contribution in [0.3, 0.4) is 0 Å². The van der Waals surface area contributed by atoms with Crippen LogP contribution in [0, 0.1) is 5.92 Å². The second-order valence-electron chi connectivity index (χ2n) is 4.38. The fourth-order valence-electron chi connectivity index (χ4n) is 2.11. The van der Waals surface area contributed by atoms with E-state index in [1.165, 1.54) is 0 Å². The molecule has 0 heterocycles. The molecular formula is C14H22BrNO2. The monoisotopic (exact) mass is 315 g/mol. The van der Waals surface area contributed by atoms with Gasteiger partial charge in [-0.15, -0.1) is 0 Å². The molecule has 1 N–H and O–H groups in total. The molecule has 0 aromatic heterocycles. The van der Waals surface area contributed by atoms with E-state index < -0.39 is 0 Å². The van der Waals surface area contributed by atoms with E-state index in [9.17, 15) is 0 Å². The largest absolute Gasteiger partial charge is 0.496 e. The van der Waals surface area contributed by atoms with Crippen LogP contribution in [0.4, 0.5) is 0 Å². The molecule has 0 aliphatic heterocycles. The first-order valence-corrected chi connectivity index (χ1v) is 6.96. The van der Waals surface area contributed by atoms with Gasteiger partial charge in [0.1, 0.15) is 11.5 Å². The summed E-state index contributed by atoms with van der Waals surface area (Å²) in [6.45, 7) is 4.42. The van der Waals surface area contributed by atoms with Crippen molar-refractivity contribution in [3.8, 4) is 11.5 Å². The number of rotatable bonds is 6. The van der Waals surface area contributed by atoms with Crippen molar-refractivity contribution in [3.05, 3.63) is 22.2 Å². The standard InChI is InChI=1S/C14H22BrNO2/c1-6-9(2)14(16-3)10-7-13(18-5)11(15)8-12(10)17-4/h7-9,14,16H,6H2,1-5H3. The van der Waals surface area contributed by atoms with Crippen LogP contribution in [-0.2, 0) is 0 Å². The summed E-state index contributed by atoms with van der Waals surface area (Å²) in [4.78, 5) is 0. The maximum absolute atomic E-state index is 5.48. The molecule has 1 aromatic carbocycles. The highest BCUT2D eigenvalue weighted by Gasteiger charge is 2.21. The predicted molar refractivity (Wildman–Crippen MR) is 78.5 cm³/mol. The first-order chi connectivity index (χ1) is 8.58. The van der Waals surface area contributed by atoms with Gasteiger partial charge in [-0.3, -0.25) is 0 Å². The van der Waals surface area contributed by atoms with Gasteiger partial charge in [0, 0.05) is 11.6 Å². The van der Waals surface area contributed by atoms with E-state index in [1.54, 1.807) is 14.2 Å². The van der Waals surface area contributed by atoms with E-state index in [0.29, 0.717) is 5.92 Å². The Bertz CT molecular complexity index is 396. The van der Waals surface area contributed by atoms with E-state index in [-0.39, 0.29) is 6.04 Å². The van der Waals surface area contributed by atoms with Gasteiger partial charge in [0.05, 0.1) is 18.7 Å². The molecule has 0 bridgehead atoms. The van der Waals surface area contributed by atoms with Crippen LogP contribution in [0.2, 0.25) is 0 Å². The zero-order valence-electron chi connectivity index (χ0n) is 11.7. The molecule has 0 saturated heterocycles. The molecule has 2 unspecified atom stereocenters. The number of ether oxygens (including phenoxy) is 2. The van der Waals surface area contributed by atoms with Gasteiger partial charge in [-0.1, -0.05) is 20.3 Å². The highest BCUT2D eigenvalue weighted by molar-refractivity contribution is 9.10. The van der Waals surface area contributed by atoms with Crippen LogP contribution in [0.15, 0.2) is 16.6 Å². The highest BCUT2D eigenvalue weighted by atomic mass is 79.9. The van der Waals surface area contributed by atoms with Crippen LogP contribution in [0.1, 0.15) is 31.9 Å². The van der Waals surface area contributed by atoms with Gasteiger partial charge in [0.15, 0.2) is 0 Å². The smallest absolute Gasteiger partial charge is 0.133 e. The lowest BCUT2D eigenvalue weighted by Gasteiger charge is -2.25. The molecule has 0 aliphatic rings. The first-order valence-electron chi connectivity index (χ1n) is 6.17. The Morgan fingerprint density at radius 2 is 1.83 bits per heavy atom. The van der Waals surface area contributed by atoms with Crippen molar-refractivity contribution >= 4 is 15.9 Å². The lowest BCUT2D eigenvalue weighted by Crippen LogP contribution is -2.23. The summed E-state index contributed by atoms with van der Waals surface area (Å²) in [6, 6.07) is 4.25. The zero-order chi connectivity index (χ0) is 13.7. The average molecular weight is 316 g/mol. The van der Waals surface area contributed by atoms with Gasteiger partial charge in [-0.25, -0.2) is 0 Å². The topological polar surface area (TPSA) is 30.5 Å². The minimum atomic E-state index is 0.256. The first kappa shape index (κ1) is 15.3. The lowest BCUT2D eigenvalue weighted by atomic mass is 9.92. The van der Waals surface area contributed by atoms with E-state index in [1.807, 2.05) is 19.2 Å². The fraction of sp³-hybridized carbons (Fsp3) is 0.571. The normalized spacial score (nSPS) is 14.1. The lowest BCUT2D eigenvalue weighted by molar-refractivity contribution is 0.359. The highest BCUT2D eigenvalue weighted by Crippen LogP contribution is 2.38. The van der Waals surface area contributed by atoms with Crippen LogP contribution in [0.25, 0.3) is 0 Å². The van der Waals surface area contributed by atoms with Crippen molar-refractivity contribution < 1.29 is 9.47 Å². The van der Waals surface area contributed by atoms with Crippen molar-refractivity contribution in [2.75, 3.05) is 21.3 Å². The van der Waals surface area contributed by atoms with E-state index in [4.69, 9.17) is 9.47 Å². The number of halogens is 1. The molecular weight excluding hydrogens is 294 g/mol. The van der Waals surface area contributed by atoms with Crippen LogP contribution < -0.4 is 14.8 Å². The van der Waals surface area contributed by atoms with Crippen molar-refractivity contribution in [1.82, 2.24) is 5.32 Å². The quantitative estimate of drug-likeness (QED) is 0.866. The van der Waals surface area contributed by atoms with Crippen LogP contribution >= 0.6 is 15.9 Å². The Morgan fingerprint density at radius 3 is 2.28 bits per heavy atom. The molecule has 0 radical (unpaired) electrons. The van der Waals surface area contributed by atoms with E-state index in [2.05, 4.69) is 35.1 Å². The molecule has 102 valence electrons. The average Bonchev–Trinajstić information content (AvgIpc) is 2.40. The SMILES string of the molecule is CCC(C)C(NC)c1cc(OC)c(Br)cc1OC. The molecule has 1 aromatic rings. The summed E-state index contributed by atoms with van der Waals surface area (Å²) in [5.41, 5.74) is 1.13. The molecule has 2 atom stereocenters. The fourth-order valence-corrected chi connectivity index (χ4v) is 2.59. The Balaban J connectivity index is 3.26. The number of hydrogen-bond donors (Lipinski definition) is 1. The van der Waals surface area contributed by atoms with Crippen molar-refractivity contribution in [2.24, 2.45) is 5.92 Å². The third kappa shape index (κ3) is 3.18. The number of benzene rings is 1. The molecule has 0 spiro atoms. The minimum absolute atomic E-state index is 0.256. The summed E-state index contributed by atoms with van der Waals surface area (Å²) in [5, 5.41) is 3.36. The van der Waals surface area contributed by atoms with Gasteiger partial charge < -0.3 is 14.8 Å². The third-order valence-corrected chi connectivity index (χ3v) is 3.98. The zero-order valence-corrected chi connectivity index (χ0v) is 13.3. The molecule has 1 rings (SSSR count). The molecule has 0 amide bonds. The van der Waals surface area contributed by atoms with Gasteiger partial charge >= 0.3 is 0 Å². The molecule has 0 saturated carbocycles. The molecule has 0 fully saturated rings. The van der Waals surface area contributed by atoms with Crippen molar-refractivity contribution in [2.45, 2.75) is 26.3 Å². The second-order valence-corrected chi connectivity index (χ2v) is 5.23. The van der Waals surface area contributed by atoms with Gasteiger partial charge in [-0.2, -0.15) is 0 Å². The molecule has 18 heavy (non-hydrogen) atoms. The van der Waals surface area contributed by atoms with E-state index >= 15 is 0 Å². The minimum Gasteiger partial charge on any atom is -0.496 e. The Kier molecular flexibility index (Phi) is 5.96. The summed E-state index contributed by atoms with van der Waals surface area (Å²) < 4.78 is 11.7. The summed E-state index contributed by atoms with van der Waals surface area (Å²) in [7, 11) is 5.35. The maximum atomic E-state index is 5.48.